The summed E-state index contributed by atoms with van der Waals surface area (Å²) in [6.07, 6.45) is 3.35. The van der Waals surface area contributed by atoms with Gasteiger partial charge in [0.25, 0.3) is 0 Å². The molecule has 3 rings (SSSR count). The van der Waals surface area contributed by atoms with Gasteiger partial charge in [-0.15, -0.1) is 11.3 Å². The molecule has 0 aliphatic rings. The van der Waals surface area contributed by atoms with E-state index < -0.39 is 0 Å². The minimum absolute atomic E-state index is 0.0219. The van der Waals surface area contributed by atoms with Crippen LogP contribution in [0.1, 0.15) is 0 Å². The van der Waals surface area contributed by atoms with Gasteiger partial charge in [-0.1, -0.05) is 11.6 Å². The zero-order valence-corrected chi connectivity index (χ0v) is 9.68. The molecule has 16 heavy (non-hydrogen) atoms. The number of rotatable bonds is 0. The Morgan fingerprint density at radius 1 is 1.12 bits per heavy atom. The maximum absolute atomic E-state index is 12.2. The van der Waals surface area contributed by atoms with Crippen molar-refractivity contribution < 1.29 is 0 Å². The third-order valence-corrected chi connectivity index (χ3v) is 3.79. The molecule has 0 atom stereocenters. The number of benzene rings is 1. The summed E-state index contributed by atoms with van der Waals surface area (Å²) >= 11 is 7.45. The average molecular weight is 248 g/mol. The molecule has 3 aromatic rings. The number of hydrogen-bond acceptors (Lipinski definition) is 3. The van der Waals surface area contributed by atoms with Gasteiger partial charge >= 0.3 is 0 Å². The third kappa shape index (κ3) is 1.40. The van der Waals surface area contributed by atoms with Crippen LogP contribution in [-0.2, 0) is 0 Å². The second-order valence-corrected chi connectivity index (χ2v) is 4.96. The lowest BCUT2D eigenvalue weighted by Gasteiger charge is -2.00. The van der Waals surface area contributed by atoms with Crippen LogP contribution in [0.5, 0.6) is 0 Å². The Hall–Kier alpha value is -1.45. The number of nitrogens with zero attached hydrogens (tertiary/aromatic N) is 1. The van der Waals surface area contributed by atoms with Crippen molar-refractivity contribution in [3.05, 3.63) is 51.9 Å². The van der Waals surface area contributed by atoms with Crippen molar-refractivity contribution in [1.82, 2.24) is 4.98 Å². The zero-order valence-electron chi connectivity index (χ0n) is 8.11. The van der Waals surface area contributed by atoms with Crippen molar-refractivity contribution in [3.63, 3.8) is 0 Å². The van der Waals surface area contributed by atoms with Crippen LogP contribution in [0.2, 0.25) is 5.02 Å². The van der Waals surface area contributed by atoms with Gasteiger partial charge in [-0.25, -0.2) is 0 Å². The molecule has 0 N–H and O–H groups in total. The molecule has 4 heteroatoms. The topological polar surface area (TPSA) is 30.0 Å². The molecule has 0 aliphatic carbocycles. The van der Waals surface area contributed by atoms with Gasteiger partial charge < -0.3 is 0 Å². The molecule has 2 heterocycles. The van der Waals surface area contributed by atoms with E-state index in [-0.39, 0.29) is 5.43 Å². The summed E-state index contributed by atoms with van der Waals surface area (Å²) < 4.78 is 1.84. The molecule has 78 valence electrons. The summed E-state index contributed by atoms with van der Waals surface area (Å²) in [6, 6.07) is 7.13. The van der Waals surface area contributed by atoms with Crippen molar-refractivity contribution in [2.24, 2.45) is 0 Å². The highest BCUT2D eigenvalue weighted by atomic mass is 35.5. The van der Waals surface area contributed by atoms with Gasteiger partial charge in [-0.3, -0.25) is 9.78 Å². The van der Waals surface area contributed by atoms with Gasteiger partial charge in [-0.05, 0) is 24.3 Å². The first-order valence-corrected chi connectivity index (χ1v) is 5.91. The van der Waals surface area contributed by atoms with Crippen molar-refractivity contribution in [1.29, 1.82) is 0 Å². The predicted octanol–water partition coefficient (Wildman–Crippen LogP) is 3.46. The van der Waals surface area contributed by atoms with Gasteiger partial charge in [0.1, 0.15) is 0 Å². The highest BCUT2D eigenvalue weighted by molar-refractivity contribution is 7.24. The lowest BCUT2D eigenvalue weighted by molar-refractivity contribution is 1.37. The van der Waals surface area contributed by atoms with E-state index in [1.165, 1.54) is 0 Å². The molecular formula is C12H6ClNOS. The Morgan fingerprint density at radius 2 is 2.00 bits per heavy atom. The van der Waals surface area contributed by atoms with E-state index in [2.05, 4.69) is 4.98 Å². The van der Waals surface area contributed by atoms with Gasteiger partial charge in [0.2, 0.25) is 0 Å². The van der Waals surface area contributed by atoms with Crippen LogP contribution in [0, 0.1) is 0 Å². The number of pyridine rings is 1. The number of aromatic nitrogens is 1. The summed E-state index contributed by atoms with van der Waals surface area (Å²) in [7, 11) is 0. The van der Waals surface area contributed by atoms with E-state index in [1.807, 2.05) is 6.07 Å². The minimum Gasteiger partial charge on any atom is -0.289 e. The van der Waals surface area contributed by atoms with E-state index >= 15 is 0 Å². The fourth-order valence-corrected chi connectivity index (χ4v) is 2.87. The Labute approximate surface area is 100 Å². The molecule has 0 amide bonds. The minimum atomic E-state index is 0.0219. The average Bonchev–Trinajstić information content (AvgIpc) is 2.31. The van der Waals surface area contributed by atoms with Gasteiger partial charge in [0.15, 0.2) is 5.43 Å². The fraction of sp³-hybridized carbons (Fsp3) is 0. The van der Waals surface area contributed by atoms with E-state index in [4.69, 9.17) is 11.6 Å². The third-order valence-electron chi connectivity index (χ3n) is 2.44. The van der Waals surface area contributed by atoms with Crippen LogP contribution in [0.15, 0.2) is 41.5 Å². The fourth-order valence-electron chi connectivity index (χ4n) is 1.68. The zero-order chi connectivity index (χ0) is 11.1. The second-order valence-electron chi connectivity index (χ2n) is 3.44. The summed E-state index contributed by atoms with van der Waals surface area (Å²) in [5, 5.41) is 1.97. The van der Waals surface area contributed by atoms with Crippen molar-refractivity contribution >= 4 is 43.1 Å². The Kier molecular flexibility index (Phi) is 2.16. The first kappa shape index (κ1) is 9.75. The molecule has 0 fully saturated rings. The molecule has 2 aromatic heterocycles. The maximum Gasteiger partial charge on any atom is 0.196 e. The van der Waals surface area contributed by atoms with Crippen LogP contribution in [0.3, 0.4) is 0 Å². The largest absolute Gasteiger partial charge is 0.289 e. The molecule has 0 spiro atoms. The molecule has 0 aliphatic heterocycles. The van der Waals surface area contributed by atoms with E-state index in [1.54, 1.807) is 41.9 Å². The summed E-state index contributed by atoms with van der Waals surface area (Å²) in [6.45, 7) is 0. The van der Waals surface area contributed by atoms with Crippen LogP contribution >= 0.6 is 22.9 Å². The second kappa shape index (κ2) is 3.54. The normalized spacial score (nSPS) is 11.1. The highest BCUT2D eigenvalue weighted by Crippen LogP contribution is 2.25. The van der Waals surface area contributed by atoms with E-state index in [0.717, 1.165) is 9.40 Å². The number of halogens is 1. The first-order valence-electron chi connectivity index (χ1n) is 4.72. The molecule has 1 aromatic carbocycles. The van der Waals surface area contributed by atoms with Crippen LogP contribution in [0.25, 0.3) is 20.2 Å². The van der Waals surface area contributed by atoms with Gasteiger partial charge in [0.05, 0.1) is 4.70 Å². The Morgan fingerprint density at radius 3 is 2.88 bits per heavy atom. The Balaban J connectivity index is 2.61. The van der Waals surface area contributed by atoms with E-state index in [0.29, 0.717) is 15.8 Å². The van der Waals surface area contributed by atoms with Crippen LogP contribution < -0.4 is 5.43 Å². The summed E-state index contributed by atoms with van der Waals surface area (Å²) in [4.78, 5) is 16.2. The molecule has 0 saturated heterocycles. The van der Waals surface area contributed by atoms with Gasteiger partial charge in [-0.2, -0.15) is 0 Å². The smallest absolute Gasteiger partial charge is 0.196 e. The molecule has 0 radical (unpaired) electrons. The highest BCUT2D eigenvalue weighted by Gasteiger charge is 2.05. The van der Waals surface area contributed by atoms with Crippen molar-refractivity contribution in [2.45, 2.75) is 0 Å². The maximum atomic E-state index is 12.2. The monoisotopic (exact) mass is 247 g/mol. The van der Waals surface area contributed by atoms with Gasteiger partial charge in [0, 0.05) is 32.9 Å². The van der Waals surface area contributed by atoms with Crippen LogP contribution in [-0.4, -0.2) is 4.98 Å². The Bertz CT molecular complexity index is 751. The molecule has 0 saturated carbocycles. The SMILES string of the molecule is O=c1c2ccncc2sc2ccc(Cl)cc12. The quantitative estimate of drug-likeness (QED) is 0.570. The lowest BCUT2D eigenvalue weighted by Crippen LogP contribution is -2.00. The van der Waals surface area contributed by atoms with Crippen LogP contribution in [0.4, 0.5) is 0 Å². The summed E-state index contributed by atoms with van der Waals surface area (Å²) in [5.74, 6) is 0. The molecule has 0 bridgehead atoms. The standard InChI is InChI=1S/C12H6ClNOS/c13-7-1-2-10-9(5-7)12(15)8-3-4-14-6-11(8)16-10/h1-6H. The van der Waals surface area contributed by atoms with Crippen molar-refractivity contribution in [3.8, 4) is 0 Å². The summed E-state index contributed by atoms with van der Waals surface area (Å²) in [5.41, 5.74) is 0.0219. The molecule has 0 unspecified atom stereocenters. The lowest BCUT2D eigenvalue weighted by atomic mass is 10.2. The van der Waals surface area contributed by atoms with Crippen molar-refractivity contribution in [2.75, 3.05) is 0 Å². The molecular weight excluding hydrogens is 242 g/mol. The van der Waals surface area contributed by atoms with E-state index in [9.17, 15) is 4.79 Å². The number of fused-ring (bicyclic) bond motifs is 2. The number of hydrogen-bond donors (Lipinski definition) is 0. The molecule has 2 nitrogen and oxygen atoms in total. The first-order chi connectivity index (χ1) is 7.75. The predicted molar refractivity (Wildman–Crippen MR) is 68.4 cm³/mol.